The van der Waals surface area contributed by atoms with Gasteiger partial charge in [-0.05, 0) is 79.1 Å². The van der Waals surface area contributed by atoms with Crippen LogP contribution in [0, 0.1) is 11.3 Å². The Labute approximate surface area is 221 Å². The molecule has 3 aromatic carbocycles. The third kappa shape index (κ3) is 7.24. The molecule has 8 heteroatoms. The van der Waals surface area contributed by atoms with Crippen molar-refractivity contribution in [1.82, 2.24) is 0 Å². The van der Waals surface area contributed by atoms with Crippen LogP contribution in [0.3, 0.4) is 0 Å². The lowest BCUT2D eigenvalue weighted by atomic mass is 10.0. The molecule has 0 heterocycles. The molecule has 0 saturated carbocycles. The molecule has 0 aliphatic carbocycles. The van der Waals surface area contributed by atoms with E-state index in [0.29, 0.717) is 41.5 Å². The summed E-state index contributed by atoms with van der Waals surface area (Å²) < 4.78 is 17.1. The summed E-state index contributed by atoms with van der Waals surface area (Å²) in [6.07, 6.45) is 3.66. The number of nitriles is 1. The molecule has 194 valence electrons. The summed E-state index contributed by atoms with van der Waals surface area (Å²) in [5, 5.41) is 21.5. The Morgan fingerprint density at radius 1 is 1.08 bits per heavy atom. The first-order valence-electron chi connectivity index (χ1n) is 11.8. The first-order valence-corrected chi connectivity index (χ1v) is 11.8. The van der Waals surface area contributed by atoms with Gasteiger partial charge >= 0.3 is 5.97 Å². The second-order valence-electron chi connectivity index (χ2n) is 8.08. The lowest BCUT2D eigenvalue weighted by Gasteiger charge is -2.17. The van der Waals surface area contributed by atoms with Gasteiger partial charge in [-0.3, -0.25) is 4.79 Å². The van der Waals surface area contributed by atoms with Crippen molar-refractivity contribution in [1.29, 1.82) is 5.26 Å². The van der Waals surface area contributed by atoms with Crippen molar-refractivity contribution < 1.29 is 28.9 Å². The summed E-state index contributed by atoms with van der Waals surface area (Å²) in [7, 11) is 1.55. The number of methoxy groups -OCH3 is 1. The minimum atomic E-state index is -0.998. The van der Waals surface area contributed by atoms with Crippen molar-refractivity contribution in [2.45, 2.75) is 20.0 Å². The highest BCUT2D eigenvalue weighted by Crippen LogP contribution is 2.35. The van der Waals surface area contributed by atoms with Gasteiger partial charge in [0.25, 0.3) is 5.91 Å². The molecule has 0 unspecified atom stereocenters. The number of ether oxygens (including phenoxy) is 3. The largest absolute Gasteiger partial charge is 0.497 e. The van der Waals surface area contributed by atoms with Gasteiger partial charge in [-0.25, -0.2) is 4.79 Å². The summed E-state index contributed by atoms with van der Waals surface area (Å²) in [4.78, 5) is 23.9. The van der Waals surface area contributed by atoms with E-state index in [1.807, 2.05) is 19.1 Å². The molecule has 0 radical (unpaired) electrons. The summed E-state index contributed by atoms with van der Waals surface area (Å²) in [6.45, 7) is 6.21. The Bertz CT molecular complexity index is 1370. The number of hydrogen-bond acceptors (Lipinski definition) is 6. The highest BCUT2D eigenvalue weighted by Gasteiger charge is 2.16. The zero-order chi connectivity index (χ0) is 27.5. The van der Waals surface area contributed by atoms with E-state index in [2.05, 4.69) is 11.9 Å². The molecule has 0 aliphatic rings. The number of carbonyl (C=O) groups excluding carboxylic acids is 1. The molecule has 1 amide bonds. The molecule has 0 atom stereocenters. The van der Waals surface area contributed by atoms with Gasteiger partial charge in [0.2, 0.25) is 0 Å². The average Bonchev–Trinajstić information content (AvgIpc) is 2.92. The minimum Gasteiger partial charge on any atom is -0.497 e. The van der Waals surface area contributed by atoms with Crippen molar-refractivity contribution in [2.24, 2.45) is 0 Å². The van der Waals surface area contributed by atoms with E-state index < -0.39 is 11.9 Å². The molecule has 0 spiro atoms. The fourth-order valence-corrected chi connectivity index (χ4v) is 3.59. The predicted octanol–water partition coefficient (Wildman–Crippen LogP) is 5.65. The summed E-state index contributed by atoms with van der Waals surface area (Å²) in [5.41, 5.74) is 2.76. The van der Waals surface area contributed by atoms with Crippen molar-refractivity contribution in [3.05, 3.63) is 101 Å². The van der Waals surface area contributed by atoms with Crippen LogP contribution in [0.5, 0.6) is 17.2 Å². The molecule has 38 heavy (non-hydrogen) atoms. The highest BCUT2D eigenvalue weighted by molar-refractivity contribution is 6.09. The number of carboxylic acids is 1. The molecule has 0 fully saturated rings. The van der Waals surface area contributed by atoms with Crippen molar-refractivity contribution in [3.8, 4) is 23.3 Å². The van der Waals surface area contributed by atoms with Crippen LogP contribution in [0.25, 0.3) is 6.08 Å². The molecular weight excluding hydrogens is 484 g/mol. The number of carboxylic acid groups (broad SMARTS) is 1. The van der Waals surface area contributed by atoms with Gasteiger partial charge in [0.15, 0.2) is 11.5 Å². The first-order chi connectivity index (χ1) is 18.4. The van der Waals surface area contributed by atoms with E-state index in [4.69, 9.17) is 19.3 Å². The first kappa shape index (κ1) is 27.6. The maximum absolute atomic E-state index is 12.8. The molecule has 8 nitrogen and oxygen atoms in total. The highest BCUT2D eigenvalue weighted by atomic mass is 16.5. The minimum absolute atomic E-state index is 0.0833. The number of allylic oxidation sites excluding steroid dienone is 1. The number of nitrogens with one attached hydrogen (secondary N) is 1. The van der Waals surface area contributed by atoms with Crippen LogP contribution < -0.4 is 19.5 Å². The van der Waals surface area contributed by atoms with Gasteiger partial charge in [0.1, 0.15) is 24.0 Å². The number of nitrogens with zero attached hydrogens (tertiary/aromatic N) is 1. The van der Waals surface area contributed by atoms with Gasteiger partial charge in [-0.2, -0.15) is 5.26 Å². The van der Waals surface area contributed by atoms with E-state index in [1.165, 1.54) is 18.2 Å². The summed E-state index contributed by atoms with van der Waals surface area (Å²) in [6, 6.07) is 18.7. The molecule has 0 bridgehead atoms. The van der Waals surface area contributed by atoms with Crippen LogP contribution >= 0.6 is 0 Å². The second kappa shape index (κ2) is 13.3. The fourth-order valence-electron chi connectivity index (χ4n) is 3.59. The van der Waals surface area contributed by atoms with Crippen LogP contribution in [0.4, 0.5) is 5.69 Å². The standard InChI is InChI=1S/C30H28N2O6/c1-4-6-23-15-21(16-24(18-31)29(33)32-25-11-13-26(36-3)14-12-25)17-27(37-5-2)28(23)38-19-20-7-9-22(10-8-20)30(34)35/h4,7-17H,1,5-6,19H2,2-3H3,(H,32,33)(H,34,35)/b24-16+. The smallest absolute Gasteiger partial charge is 0.335 e. The number of aromatic carboxylic acids is 1. The van der Waals surface area contributed by atoms with Crippen LogP contribution in [0.2, 0.25) is 0 Å². The van der Waals surface area contributed by atoms with Crippen LogP contribution in [0.15, 0.2) is 78.9 Å². The normalized spacial score (nSPS) is 10.7. The Balaban J connectivity index is 1.88. The Hall–Kier alpha value is -5.03. The zero-order valence-corrected chi connectivity index (χ0v) is 21.2. The van der Waals surface area contributed by atoms with E-state index in [0.717, 1.165) is 11.1 Å². The number of carbonyl (C=O) groups is 2. The molecular formula is C30H28N2O6. The predicted molar refractivity (Wildman–Crippen MR) is 144 cm³/mol. The third-order valence-corrected chi connectivity index (χ3v) is 5.43. The zero-order valence-electron chi connectivity index (χ0n) is 21.2. The van der Waals surface area contributed by atoms with Crippen molar-refractivity contribution in [3.63, 3.8) is 0 Å². The molecule has 0 saturated heterocycles. The molecule has 2 N–H and O–H groups in total. The van der Waals surface area contributed by atoms with E-state index in [9.17, 15) is 14.9 Å². The Morgan fingerprint density at radius 3 is 2.37 bits per heavy atom. The topological polar surface area (TPSA) is 118 Å². The Kier molecular flexibility index (Phi) is 9.66. The maximum Gasteiger partial charge on any atom is 0.335 e. The summed E-state index contributed by atoms with van der Waals surface area (Å²) >= 11 is 0. The van der Waals surface area contributed by atoms with Crippen molar-refractivity contribution >= 4 is 23.6 Å². The van der Waals surface area contributed by atoms with Crippen LogP contribution in [0.1, 0.15) is 34.0 Å². The lowest BCUT2D eigenvalue weighted by Crippen LogP contribution is -2.13. The Morgan fingerprint density at radius 2 is 1.79 bits per heavy atom. The van der Waals surface area contributed by atoms with Crippen LogP contribution in [-0.2, 0) is 17.8 Å². The van der Waals surface area contributed by atoms with Crippen molar-refractivity contribution in [2.75, 3.05) is 19.0 Å². The van der Waals surface area contributed by atoms with Gasteiger partial charge in [-0.1, -0.05) is 18.2 Å². The molecule has 3 rings (SSSR count). The van der Waals surface area contributed by atoms with Gasteiger partial charge in [0, 0.05) is 11.3 Å². The molecule has 3 aromatic rings. The van der Waals surface area contributed by atoms with E-state index >= 15 is 0 Å². The maximum atomic E-state index is 12.8. The monoisotopic (exact) mass is 512 g/mol. The lowest BCUT2D eigenvalue weighted by molar-refractivity contribution is -0.112. The van der Waals surface area contributed by atoms with Gasteiger partial charge in [0.05, 0.1) is 19.3 Å². The number of anilines is 1. The number of hydrogen-bond donors (Lipinski definition) is 2. The van der Waals surface area contributed by atoms with Gasteiger partial charge in [-0.15, -0.1) is 6.58 Å². The second-order valence-corrected chi connectivity index (χ2v) is 8.08. The SMILES string of the molecule is C=CCc1cc(/C=C(\C#N)C(=O)Nc2ccc(OC)cc2)cc(OCC)c1OCc1ccc(C(=O)O)cc1. The molecule has 0 aliphatic heterocycles. The number of amides is 1. The molecule has 0 aromatic heterocycles. The quantitative estimate of drug-likeness (QED) is 0.183. The fraction of sp³-hybridized carbons (Fsp3) is 0.167. The van der Waals surface area contributed by atoms with E-state index in [1.54, 1.807) is 55.7 Å². The van der Waals surface area contributed by atoms with Gasteiger partial charge < -0.3 is 24.6 Å². The number of rotatable bonds is 12. The van der Waals surface area contributed by atoms with E-state index in [-0.39, 0.29) is 17.7 Å². The summed E-state index contributed by atoms with van der Waals surface area (Å²) in [5.74, 6) is 0.0609. The van der Waals surface area contributed by atoms with Crippen LogP contribution in [-0.4, -0.2) is 30.7 Å². The number of benzene rings is 3. The average molecular weight is 513 g/mol. The third-order valence-electron chi connectivity index (χ3n) is 5.43.